The molecular weight excluding hydrogens is 464 g/mol. The standard InChI is InChI=1S/C25H22N6O3S/c1-2-11-30-18-8-4-3-7-16(18)23-24(30)26-25(28-27-23)35-15-22(32)31-19(21-10-6-13-34-21)14-17(29-31)20-9-5-12-33-20/h3-10,12-13,19H,2,11,14-15H2,1H3. The number of hydrogen-bond acceptors (Lipinski definition) is 8. The van der Waals surface area contributed by atoms with Crippen molar-refractivity contribution >= 4 is 45.4 Å². The number of aryl methyl sites for hydroxylation is 1. The maximum absolute atomic E-state index is 13.3. The van der Waals surface area contributed by atoms with Gasteiger partial charge in [-0.1, -0.05) is 36.9 Å². The quantitative estimate of drug-likeness (QED) is 0.297. The fraction of sp³-hybridized carbons (Fsp3) is 0.240. The number of carbonyl (C=O) groups excluding carboxylic acids is 1. The molecule has 1 aliphatic rings. The second kappa shape index (κ2) is 9.03. The number of carbonyl (C=O) groups is 1. The van der Waals surface area contributed by atoms with Crippen LogP contribution in [0.25, 0.3) is 22.1 Å². The van der Waals surface area contributed by atoms with Crippen molar-refractivity contribution in [2.75, 3.05) is 5.75 Å². The minimum Gasteiger partial charge on any atom is -0.467 e. The first-order chi connectivity index (χ1) is 17.2. The summed E-state index contributed by atoms with van der Waals surface area (Å²) in [5.41, 5.74) is 3.35. The molecular formula is C25H22N6O3S. The maximum Gasteiger partial charge on any atom is 0.253 e. The van der Waals surface area contributed by atoms with Gasteiger partial charge in [0.1, 0.15) is 28.8 Å². The second-order valence-corrected chi connectivity index (χ2v) is 9.16. The van der Waals surface area contributed by atoms with Gasteiger partial charge < -0.3 is 13.4 Å². The molecule has 0 saturated carbocycles. The van der Waals surface area contributed by atoms with Crippen LogP contribution in [-0.2, 0) is 11.3 Å². The number of hydrogen-bond donors (Lipinski definition) is 0. The van der Waals surface area contributed by atoms with Crippen molar-refractivity contribution in [3.8, 4) is 0 Å². The molecule has 0 fully saturated rings. The topological polar surface area (TPSA) is 103 Å². The fourth-order valence-corrected chi connectivity index (χ4v) is 5.06. The summed E-state index contributed by atoms with van der Waals surface area (Å²) >= 11 is 1.25. The molecule has 5 heterocycles. The Bertz CT molecular complexity index is 1520. The van der Waals surface area contributed by atoms with Crippen LogP contribution in [0.4, 0.5) is 0 Å². The van der Waals surface area contributed by atoms with Crippen LogP contribution in [0.1, 0.15) is 37.3 Å². The third kappa shape index (κ3) is 3.89. The van der Waals surface area contributed by atoms with Gasteiger partial charge in [0.2, 0.25) is 5.16 Å². The van der Waals surface area contributed by atoms with Crippen LogP contribution in [-0.4, -0.2) is 42.1 Å². The third-order valence-electron chi connectivity index (χ3n) is 5.97. The van der Waals surface area contributed by atoms with Crippen LogP contribution in [0.3, 0.4) is 0 Å². The molecule has 5 aromatic rings. The molecule has 10 heteroatoms. The number of nitrogens with zero attached hydrogens (tertiary/aromatic N) is 6. The molecule has 0 aliphatic carbocycles. The van der Waals surface area contributed by atoms with E-state index in [1.54, 1.807) is 18.6 Å². The van der Waals surface area contributed by atoms with Gasteiger partial charge in [-0.15, -0.1) is 10.2 Å². The Morgan fingerprint density at radius 2 is 1.94 bits per heavy atom. The Morgan fingerprint density at radius 1 is 1.09 bits per heavy atom. The first-order valence-electron chi connectivity index (χ1n) is 11.4. The highest BCUT2D eigenvalue weighted by Gasteiger charge is 2.35. The van der Waals surface area contributed by atoms with Gasteiger partial charge in [-0.3, -0.25) is 4.79 Å². The van der Waals surface area contributed by atoms with Crippen LogP contribution in [0.15, 0.2) is 80.1 Å². The molecule has 1 amide bonds. The first-order valence-corrected chi connectivity index (χ1v) is 12.4. The summed E-state index contributed by atoms with van der Waals surface area (Å²) in [4.78, 5) is 18.0. The van der Waals surface area contributed by atoms with E-state index in [1.165, 1.54) is 16.8 Å². The zero-order valence-corrected chi connectivity index (χ0v) is 19.8. The Labute approximate surface area is 204 Å². The first kappa shape index (κ1) is 21.6. The zero-order valence-electron chi connectivity index (χ0n) is 19.0. The van der Waals surface area contributed by atoms with E-state index in [1.807, 2.05) is 36.4 Å². The van der Waals surface area contributed by atoms with Crippen molar-refractivity contribution in [3.63, 3.8) is 0 Å². The van der Waals surface area contributed by atoms with Gasteiger partial charge >= 0.3 is 0 Å². The molecule has 0 radical (unpaired) electrons. The number of thioether (sulfide) groups is 1. The highest BCUT2D eigenvalue weighted by atomic mass is 32.2. The highest BCUT2D eigenvalue weighted by Crippen LogP contribution is 2.34. The molecule has 176 valence electrons. The van der Waals surface area contributed by atoms with Crippen molar-refractivity contribution in [2.45, 2.75) is 37.5 Å². The number of fused-ring (bicyclic) bond motifs is 3. The van der Waals surface area contributed by atoms with Gasteiger partial charge in [-0.05, 0) is 36.8 Å². The summed E-state index contributed by atoms with van der Waals surface area (Å²) in [6, 6.07) is 15.1. The van der Waals surface area contributed by atoms with Crippen molar-refractivity contribution in [3.05, 3.63) is 72.6 Å². The lowest BCUT2D eigenvalue weighted by Gasteiger charge is -2.19. The monoisotopic (exact) mass is 486 g/mol. The number of amides is 1. The molecule has 1 aromatic carbocycles. The normalized spacial score (nSPS) is 15.9. The maximum atomic E-state index is 13.3. The summed E-state index contributed by atoms with van der Waals surface area (Å²) in [7, 11) is 0. The van der Waals surface area contributed by atoms with Crippen molar-refractivity contribution < 1.29 is 13.6 Å². The highest BCUT2D eigenvalue weighted by molar-refractivity contribution is 7.99. The Hall–Kier alpha value is -3.92. The van der Waals surface area contributed by atoms with Crippen LogP contribution in [0, 0.1) is 0 Å². The number of furan rings is 2. The van der Waals surface area contributed by atoms with Crippen LogP contribution in [0.2, 0.25) is 0 Å². The van der Waals surface area contributed by atoms with Gasteiger partial charge in [-0.2, -0.15) is 5.10 Å². The molecule has 0 bridgehead atoms. The minimum atomic E-state index is -0.327. The summed E-state index contributed by atoms with van der Waals surface area (Å²) < 4.78 is 13.3. The SMILES string of the molecule is CCCn1c2ccccc2c2nnc(SCC(=O)N3N=C(c4ccco4)CC3c3ccco3)nc21. The molecule has 6 rings (SSSR count). The predicted octanol–water partition coefficient (Wildman–Crippen LogP) is 5.05. The average molecular weight is 487 g/mol. The molecule has 9 nitrogen and oxygen atoms in total. The number of aromatic nitrogens is 4. The smallest absolute Gasteiger partial charge is 0.253 e. The molecule has 1 atom stereocenters. The van der Waals surface area contributed by atoms with E-state index >= 15 is 0 Å². The molecule has 0 spiro atoms. The van der Waals surface area contributed by atoms with Gasteiger partial charge in [0.25, 0.3) is 5.91 Å². The fourth-order valence-electron chi connectivity index (χ4n) is 4.43. The van der Waals surface area contributed by atoms with Crippen molar-refractivity contribution in [1.29, 1.82) is 0 Å². The average Bonchev–Trinajstić information content (AvgIpc) is 3.69. The van der Waals surface area contributed by atoms with Gasteiger partial charge in [0.05, 0.1) is 23.8 Å². The van der Waals surface area contributed by atoms with Crippen LogP contribution in [0.5, 0.6) is 0 Å². The number of hydrazone groups is 1. The van der Waals surface area contributed by atoms with Gasteiger partial charge in [0.15, 0.2) is 5.65 Å². The van der Waals surface area contributed by atoms with Crippen LogP contribution >= 0.6 is 11.8 Å². The van der Waals surface area contributed by atoms with Crippen LogP contribution < -0.4 is 0 Å². The molecule has 4 aromatic heterocycles. The summed E-state index contributed by atoms with van der Waals surface area (Å²) in [5, 5.41) is 16.3. The van der Waals surface area contributed by atoms with E-state index in [0.29, 0.717) is 28.8 Å². The molecule has 1 aliphatic heterocycles. The zero-order chi connectivity index (χ0) is 23.8. The van der Waals surface area contributed by atoms with E-state index in [0.717, 1.165) is 35.0 Å². The number of benzene rings is 1. The van der Waals surface area contributed by atoms with Crippen molar-refractivity contribution in [1.82, 2.24) is 24.8 Å². The predicted molar refractivity (Wildman–Crippen MR) is 132 cm³/mol. The van der Waals surface area contributed by atoms with E-state index < -0.39 is 0 Å². The lowest BCUT2D eigenvalue weighted by atomic mass is 10.1. The Morgan fingerprint density at radius 3 is 2.74 bits per heavy atom. The van der Waals surface area contributed by atoms with E-state index in [2.05, 4.69) is 32.9 Å². The summed E-state index contributed by atoms with van der Waals surface area (Å²) in [6.45, 7) is 2.96. The Balaban J connectivity index is 1.26. The van der Waals surface area contributed by atoms with Gasteiger partial charge in [-0.25, -0.2) is 9.99 Å². The van der Waals surface area contributed by atoms with Gasteiger partial charge in [0, 0.05) is 18.4 Å². The van der Waals surface area contributed by atoms with E-state index in [9.17, 15) is 4.79 Å². The molecule has 0 N–H and O–H groups in total. The summed E-state index contributed by atoms with van der Waals surface area (Å²) in [6.07, 6.45) is 4.68. The molecule has 1 unspecified atom stereocenters. The number of para-hydroxylation sites is 1. The minimum absolute atomic E-state index is 0.118. The largest absolute Gasteiger partial charge is 0.467 e. The molecule has 35 heavy (non-hydrogen) atoms. The Kier molecular flexibility index (Phi) is 5.57. The number of rotatable bonds is 7. The second-order valence-electron chi connectivity index (χ2n) is 8.22. The third-order valence-corrected chi connectivity index (χ3v) is 6.79. The summed E-state index contributed by atoms with van der Waals surface area (Å²) in [5.74, 6) is 1.27. The van der Waals surface area contributed by atoms with E-state index in [-0.39, 0.29) is 17.7 Å². The van der Waals surface area contributed by atoms with E-state index in [4.69, 9.17) is 13.8 Å². The van der Waals surface area contributed by atoms with Crippen molar-refractivity contribution in [2.24, 2.45) is 5.10 Å². The lowest BCUT2D eigenvalue weighted by molar-refractivity contribution is -0.130. The molecule has 0 saturated heterocycles. The lowest BCUT2D eigenvalue weighted by Crippen LogP contribution is -2.28.